The van der Waals surface area contributed by atoms with Gasteiger partial charge in [0.2, 0.25) is 0 Å². The summed E-state index contributed by atoms with van der Waals surface area (Å²) in [6, 6.07) is 4.58. The summed E-state index contributed by atoms with van der Waals surface area (Å²) >= 11 is 0. The molecule has 1 aromatic rings. The van der Waals surface area contributed by atoms with E-state index in [4.69, 9.17) is 5.73 Å². The van der Waals surface area contributed by atoms with E-state index >= 15 is 0 Å². The molecule has 0 aromatic heterocycles. The molecule has 0 bridgehead atoms. The summed E-state index contributed by atoms with van der Waals surface area (Å²) in [6.45, 7) is 3.16. The predicted octanol–water partition coefficient (Wildman–Crippen LogP) is 0.267. The minimum atomic E-state index is -4.25. The van der Waals surface area contributed by atoms with Gasteiger partial charge in [0.15, 0.2) is 0 Å². The molecule has 0 amide bonds. The Bertz CT molecular complexity index is 536. The maximum absolute atomic E-state index is 11.4. The van der Waals surface area contributed by atoms with Crippen LogP contribution in [0.2, 0.25) is 0 Å². The molecule has 6 nitrogen and oxygen atoms in total. The molecule has 1 fully saturated rings. The van der Waals surface area contributed by atoms with Gasteiger partial charge in [-0.3, -0.25) is 4.55 Å². The summed E-state index contributed by atoms with van der Waals surface area (Å²) in [5.74, 6) is 0. The maximum Gasteiger partial charge on any atom is 0.296 e. The van der Waals surface area contributed by atoms with Gasteiger partial charge in [-0.05, 0) is 25.2 Å². The van der Waals surface area contributed by atoms with Crippen molar-refractivity contribution in [2.75, 3.05) is 43.9 Å². The number of hydrogen-bond acceptors (Lipinski definition) is 5. The molecule has 1 aliphatic heterocycles. The first-order valence-electron chi connectivity index (χ1n) is 5.68. The molecule has 0 spiro atoms. The lowest BCUT2D eigenvalue weighted by molar-refractivity contribution is 0.312. The number of nitrogens with zero attached hydrogens (tertiary/aromatic N) is 2. The molecule has 3 N–H and O–H groups in total. The van der Waals surface area contributed by atoms with Crippen molar-refractivity contribution in [3.63, 3.8) is 0 Å². The lowest BCUT2D eigenvalue weighted by Crippen LogP contribution is -2.44. The number of nitrogen functional groups attached to an aromatic ring is 1. The standard InChI is InChI=1S/C11H17N3O3S/c1-13-4-6-14(7-5-13)10-3-2-9(12)8-11(10)18(15,16)17/h2-3,8H,4-7,12H2,1H3,(H,15,16,17). The molecule has 100 valence electrons. The molecule has 0 radical (unpaired) electrons. The van der Waals surface area contributed by atoms with Crippen molar-refractivity contribution in [1.82, 2.24) is 4.90 Å². The van der Waals surface area contributed by atoms with Crippen LogP contribution in [0.25, 0.3) is 0 Å². The van der Waals surface area contributed by atoms with Gasteiger partial charge in [-0.15, -0.1) is 0 Å². The van der Waals surface area contributed by atoms with Crippen LogP contribution in [-0.2, 0) is 10.1 Å². The van der Waals surface area contributed by atoms with E-state index in [1.165, 1.54) is 6.07 Å². The summed E-state index contributed by atoms with van der Waals surface area (Å²) < 4.78 is 32.0. The summed E-state index contributed by atoms with van der Waals surface area (Å²) in [4.78, 5) is 4.00. The summed E-state index contributed by atoms with van der Waals surface area (Å²) in [5, 5.41) is 0. The van der Waals surface area contributed by atoms with Gasteiger partial charge in [-0.1, -0.05) is 0 Å². The highest BCUT2D eigenvalue weighted by Crippen LogP contribution is 2.28. The topological polar surface area (TPSA) is 86.9 Å². The molecular formula is C11H17N3O3S. The Balaban J connectivity index is 2.39. The maximum atomic E-state index is 11.4. The van der Waals surface area contributed by atoms with Crippen LogP contribution >= 0.6 is 0 Å². The van der Waals surface area contributed by atoms with Gasteiger partial charge in [0, 0.05) is 31.9 Å². The van der Waals surface area contributed by atoms with E-state index in [2.05, 4.69) is 4.90 Å². The molecule has 1 saturated heterocycles. The van der Waals surface area contributed by atoms with Gasteiger partial charge >= 0.3 is 0 Å². The first-order chi connectivity index (χ1) is 8.38. The quantitative estimate of drug-likeness (QED) is 0.593. The van der Waals surface area contributed by atoms with Crippen LogP contribution in [0.5, 0.6) is 0 Å². The third kappa shape index (κ3) is 2.74. The van der Waals surface area contributed by atoms with Crippen LogP contribution < -0.4 is 10.6 Å². The smallest absolute Gasteiger partial charge is 0.296 e. The van der Waals surface area contributed by atoms with Crippen LogP contribution in [-0.4, -0.2) is 51.1 Å². The molecule has 0 aliphatic carbocycles. The van der Waals surface area contributed by atoms with Gasteiger partial charge in [-0.25, -0.2) is 0 Å². The molecule has 0 unspecified atom stereocenters. The Morgan fingerprint density at radius 2 is 1.83 bits per heavy atom. The summed E-state index contributed by atoms with van der Waals surface area (Å²) in [5.41, 5.74) is 6.41. The summed E-state index contributed by atoms with van der Waals surface area (Å²) in [6.07, 6.45) is 0. The van der Waals surface area contributed by atoms with E-state index in [9.17, 15) is 13.0 Å². The fraction of sp³-hybridized carbons (Fsp3) is 0.455. The molecule has 0 atom stereocenters. The fourth-order valence-electron chi connectivity index (χ4n) is 2.05. The Labute approximate surface area is 107 Å². The minimum absolute atomic E-state index is 0.118. The lowest BCUT2D eigenvalue weighted by Gasteiger charge is -2.34. The van der Waals surface area contributed by atoms with E-state index in [1.807, 2.05) is 11.9 Å². The molecular weight excluding hydrogens is 254 g/mol. The SMILES string of the molecule is CN1CCN(c2ccc(N)cc2S(=O)(=O)O)CC1. The van der Waals surface area contributed by atoms with E-state index < -0.39 is 10.1 Å². The number of rotatable bonds is 2. The number of benzene rings is 1. The highest BCUT2D eigenvalue weighted by molar-refractivity contribution is 7.86. The molecule has 7 heteroatoms. The Kier molecular flexibility index (Phi) is 3.47. The van der Waals surface area contributed by atoms with Crippen molar-refractivity contribution in [2.24, 2.45) is 0 Å². The molecule has 2 rings (SSSR count). The van der Waals surface area contributed by atoms with Gasteiger partial charge in [0.1, 0.15) is 4.90 Å². The predicted molar refractivity (Wildman–Crippen MR) is 70.4 cm³/mol. The molecule has 1 aliphatic rings. The van der Waals surface area contributed by atoms with Crippen molar-refractivity contribution in [2.45, 2.75) is 4.90 Å². The number of anilines is 2. The van der Waals surface area contributed by atoms with Crippen LogP contribution in [0.1, 0.15) is 0 Å². The van der Waals surface area contributed by atoms with Crippen molar-refractivity contribution in [1.29, 1.82) is 0 Å². The molecule has 0 saturated carbocycles. The number of hydrogen-bond donors (Lipinski definition) is 2. The van der Waals surface area contributed by atoms with Crippen molar-refractivity contribution in [3.05, 3.63) is 18.2 Å². The van der Waals surface area contributed by atoms with Crippen LogP contribution in [0.4, 0.5) is 11.4 Å². The van der Waals surface area contributed by atoms with Gasteiger partial charge in [0.25, 0.3) is 10.1 Å². The summed E-state index contributed by atoms with van der Waals surface area (Å²) in [7, 11) is -2.24. The van der Waals surface area contributed by atoms with Crippen molar-refractivity contribution in [3.8, 4) is 0 Å². The molecule has 18 heavy (non-hydrogen) atoms. The third-order valence-corrected chi connectivity index (χ3v) is 3.99. The zero-order valence-corrected chi connectivity index (χ0v) is 11.0. The van der Waals surface area contributed by atoms with E-state index in [1.54, 1.807) is 12.1 Å². The Morgan fingerprint density at radius 3 is 2.39 bits per heavy atom. The highest BCUT2D eigenvalue weighted by atomic mass is 32.2. The highest BCUT2D eigenvalue weighted by Gasteiger charge is 2.22. The van der Waals surface area contributed by atoms with E-state index in [0.717, 1.165) is 26.2 Å². The first kappa shape index (κ1) is 13.1. The largest absolute Gasteiger partial charge is 0.399 e. The van der Waals surface area contributed by atoms with Gasteiger partial charge < -0.3 is 15.5 Å². The number of piperazine rings is 1. The fourth-order valence-corrected chi connectivity index (χ4v) is 2.79. The monoisotopic (exact) mass is 271 g/mol. The van der Waals surface area contributed by atoms with Crippen LogP contribution in [0, 0.1) is 0 Å². The first-order valence-corrected chi connectivity index (χ1v) is 7.12. The molecule has 1 aromatic carbocycles. The zero-order valence-electron chi connectivity index (χ0n) is 10.2. The lowest BCUT2D eigenvalue weighted by atomic mass is 10.2. The van der Waals surface area contributed by atoms with Gasteiger partial charge in [0.05, 0.1) is 5.69 Å². The molecule has 1 heterocycles. The number of nitrogens with two attached hydrogens (primary N) is 1. The second-order valence-electron chi connectivity index (χ2n) is 4.49. The normalized spacial score (nSPS) is 18.0. The van der Waals surface area contributed by atoms with Gasteiger partial charge in [-0.2, -0.15) is 8.42 Å². The van der Waals surface area contributed by atoms with E-state index in [-0.39, 0.29) is 4.90 Å². The van der Waals surface area contributed by atoms with Crippen molar-refractivity contribution >= 4 is 21.5 Å². The minimum Gasteiger partial charge on any atom is -0.399 e. The van der Waals surface area contributed by atoms with Crippen LogP contribution in [0.3, 0.4) is 0 Å². The van der Waals surface area contributed by atoms with Crippen molar-refractivity contribution < 1.29 is 13.0 Å². The second kappa shape index (κ2) is 4.75. The second-order valence-corrected chi connectivity index (χ2v) is 5.88. The average Bonchev–Trinajstić information content (AvgIpc) is 2.29. The Hall–Kier alpha value is -1.31. The average molecular weight is 271 g/mol. The Morgan fingerprint density at radius 1 is 1.22 bits per heavy atom. The number of likely N-dealkylation sites (N-methyl/N-ethyl adjacent to an activating group) is 1. The van der Waals surface area contributed by atoms with E-state index in [0.29, 0.717) is 11.4 Å². The third-order valence-electron chi connectivity index (χ3n) is 3.11. The zero-order chi connectivity index (χ0) is 13.3. The van der Waals surface area contributed by atoms with Crippen LogP contribution in [0.15, 0.2) is 23.1 Å².